The van der Waals surface area contributed by atoms with Crippen LogP contribution in [0.3, 0.4) is 0 Å². The Bertz CT molecular complexity index is 793. The molecule has 0 aliphatic carbocycles. The van der Waals surface area contributed by atoms with Gasteiger partial charge in [0.25, 0.3) is 0 Å². The lowest BCUT2D eigenvalue weighted by Gasteiger charge is -2.23. The van der Waals surface area contributed by atoms with Gasteiger partial charge in [-0.05, 0) is 23.3 Å². The lowest BCUT2D eigenvalue weighted by molar-refractivity contribution is 0.0183. The highest BCUT2D eigenvalue weighted by atomic mass is 127. The van der Waals surface area contributed by atoms with E-state index in [-0.39, 0.29) is 30.6 Å². The van der Waals surface area contributed by atoms with Crippen molar-refractivity contribution in [2.45, 2.75) is 12.6 Å². The van der Waals surface area contributed by atoms with Crippen molar-refractivity contribution in [2.24, 2.45) is 0 Å². The van der Waals surface area contributed by atoms with Gasteiger partial charge in [-0.2, -0.15) is 0 Å². The zero-order valence-electron chi connectivity index (χ0n) is 15.6. The van der Waals surface area contributed by atoms with Gasteiger partial charge in [-0.15, -0.1) is 24.0 Å². The summed E-state index contributed by atoms with van der Waals surface area (Å²) >= 11 is 0. The van der Waals surface area contributed by atoms with Crippen LogP contribution in [0.15, 0.2) is 73.6 Å². The van der Waals surface area contributed by atoms with Gasteiger partial charge >= 0.3 is 5.97 Å². The quantitative estimate of drug-likeness (QED) is 0.450. The van der Waals surface area contributed by atoms with Crippen molar-refractivity contribution in [1.82, 2.24) is 9.80 Å². The van der Waals surface area contributed by atoms with E-state index in [1.165, 1.54) is 5.56 Å². The second kappa shape index (κ2) is 10.9. The fourth-order valence-corrected chi connectivity index (χ4v) is 2.88. The van der Waals surface area contributed by atoms with E-state index in [0.29, 0.717) is 18.8 Å². The average Bonchev–Trinajstić information content (AvgIpc) is 3.14. The second-order valence-corrected chi connectivity index (χ2v) is 6.52. The van der Waals surface area contributed by atoms with Crippen LogP contribution in [-0.2, 0) is 11.3 Å². The smallest absolute Gasteiger partial charge is 0.338 e. The Morgan fingerprint density at radius 1 is 1.11 bits per heavy atom. The molecule has 1 N–H and O–H groups in total. The van der Waals surface area contributed by atoms with Crippen LogP contribution in [0, 0.1) is 0 Å². The number of esters is 1. The molecular weight excluding hydrogens is 467 g/mol. The van der Waals surface area contributed by atoms with Crippen molar-refractivity contribution in [1.29, 1.82) is 0 Å². The van der Waals surface area contributed by atoms with Crippen molar-refractivity contribution in [3.05, 3.63) is 90.3 Å². The molecule has 5 nitrogen and oxygen atoms in total. The highest BCUT2D eigenvalue weighted by Gasteiger charge is 2.17. The van der Waals surface area contributed by atoms with Gasteiger partial charge in [0.05, 0.1) is 12.2 Å². The fourth-order valence-electron chi connectivity index (χ4n) is 2.88. The maximum absolute atomic E-state index is 11.9. The van der Waals surface area contributed by atoms with Gasteiger partial charge in [0.2, 0.25) is 0 Å². The van der Waals surface area contributed by atoms with E-state index >= 15 is 0 Å². The molecule has 2 aromatic rings. The number of aliphatic hydroxyl groups excluding tert-OH is 1. The third-order valence-corrected chi connectivity index (χ3v) is 4.31. The van der Waals surface area contributed by atoms with E-state index in [1.807, 2.05) is 41.6 Å². The first-order chi connectivity index (χ1) is 13.1. The van der Waals surface area contributed by atoms with Gasteiger partial charge in [-0.1, -0.05) is 55.1 Å². The number of ether oxygens (including phenoxy) is 1. The molecule has 0 spiro atoms. The molecule has 3 rings (SSSR count). The monoisotopic (exact) mass is 492 g/mol. The molecule has 0 saturated heterocycles. The van der Waals surface area contributed by atoms with Crippen molar-refractivity contribution in [3.63, 3.8) is 0 Å². The van der Waals surface area contributed by atoms with Crippen molar-refractivity contribution in [3.8, 4) is 0 Å². The number of hydrogen-bond donors (Lipinski definition) is 1. The van der Waals surface area contributed by atoms with Crippen LogP contribution in [-0.4, -0.2) is 46.8 Å². The number of halogens is 1. The Hall–Kier alpha value is -2.32. The minimum atomic E-state index is -0.742. The molecule has 1 atom stereocenters. The third kappa shape index (κ3) is 6.38. The molecule has 1 unspecified atom stereocenters. The van der Waals surface area contributed by atoms with Gasteiger partial charge in [0.15, 0.2) is 0 Å². The standard InChI is InChI=1S/C22H24N2O3.HI/c1-2-18-8-10-19(11-9-18)14-23-12-13-24(17-23)15-21(25)16-27-22(26)20-6-4-3-5-7-20;/h2-13,21,25H,1,14-17H2;1H. The Labute approximate surface area is 182 Å². The molecule has 0 saturated carbocycles. The molecule has 1 aliphatic heterocycles. The van der Waals surface area contributed by atoms with Crippen LogP contribution >= 0.6 is 24.0 Å². The summed E-state index contributed by atoms with van der Waals surface area (Å²) < 4.78 is 5.18. The number of rotatable bonds is 8. The number of benzene rings is 2. The van der Waals surface area contributed by atoms with E-state index < -0.39 is 12.1 Å². The van der Waals surface area contributed by atoms with E-state index in [1.54, 1.807) is 24.3 Å². The summed E-state index contributed by atoms with van der Waals surface area (Å²) in [6.07, 6.45) is 5.03. The first-order valence-electron chi connectivity index (χ1n) is 8.92. The second-order valence-electron chi connectivity index (χ2n) is 6.52. The molecule has 0 bridgehead atoms. The topological polar surface area (TPSA) is 53.0 Å². The van der Waals surface area contributed by atoms with Crippen LogP contribution in [0.2, 0.25) is 0 Å². The summed E-state index contributed by atoms with van der Waals surface area (Å²) in [5.74, 6) is -0.420. The number of β-amino-alcohol motifs (C(OH)–C–C–N with tert-alkyl or cyclic N) is 1. The first-order valence-corrected chi connectivity index (χ1v) is 8.92. The van der Waals surface area contributed by atoms with Crippen LogP contribution < -0.4 is 0 Å². The molecular formula is C22H25IN2O3. The van der Waals surface area contributed by atoms with Crippen LogP contribution in [0.1, 0.15) is 21.5 Å². The summed E-state index contributed by atoms with van der Waals surface area (Å²) in [7, 11) is 0. The Balaban J connectivity index is 0.00000280. The Morgan fingerprint density at radius 2 is 1.79 bits per heavy atom. The molecule has 148 valence electrons. The molecule has 1 aliphatic rings. The maximum Gasteiger partial charge on any atom is 0.338 e. The van der Waals surface area contributed by atoms with Crippen LogP contribution in [0.4, 0.5) is 0 Å². The SMILES string of the molecule is C=Cc1ccc(CN2C=CN(CC(O)COC(=O)c3ccccc3)C2)cc1.I. The zero-order valence-corrected chi connectivity index (χ0v) is 17.9. The number of nitrogens with zero attached hydrogens (tertiary/aromatic N) is 2. The summed E-state index contributed by atoms with van der Waals surface area (Å²) in [5.41, 5.74) is 2.80. The molecule has 6 heteroatoms. The highest BCUT2D eigenvalue weighted by molar-refractivity contribution is 14.0. The summed E-state index contributed by atoms with van der Waals surface area (Å²) in [6.45, 7) is 5.62. The lowest BCUT2D eigenvalue weighted by Crippen LogP contribution is -2.34. The van der Waals surface area contributed by atoms with Gasteiger partial charge < -0.3 is 19.6 Å². The normalized spacial score (nSPS) is 13.8. The Kier molecular flexibility index (Phi) is 8.53. The molecule has 2 aromatic carbocycles. The summed E-state index contributed by atoms with van der Waals surface area (Å²) in [5, 5.41) is 10.2. The van der Waals surface area contributed by atoms with Crippen molar-refractivity contribution < 1.29 is 14.6 Å². The van der Waals surface area contributed by atoms with E-state index in [9.17, 15) is 9.90 Å². The lowest BCUT2D eigenvalue weighted by atomic mass is 10.1. The van der Waals surface area contributed by atoms with Gasteiger partial charge in [0, 0.05) is 25.5 Å². The maximum atomic E-state index is 11.9. The molecule has 0 amide bonds. The third-order valence-electron chi connectivity index (χ3n) is 4.31. The number of carbonyl (C=O) groups excluding carboxylic acids is 1. The molecule has 0 fully saturated rings. The summed E-state index contributed by atoms with van der Waals surface area (Å²) in [4.78, 5) is 16.1. The zero-order chi connectivity index (χ0) is 19.1. The molecule has 0 radical (unpaired) electrons. The Morgan fingerprint density at radius 3 is 2.46 bits per heavy atom. The molecule has 0 aromatic heterocycles. The average molecular weight is 492 g/mol. The number of hydrogen-bond acceptors (Lipinski definition) is 5. The molecule has 28 heavy (non-hydrogen) atoms. The van der Waals surface area contributed by atoms with Gasteiger partial charge in [-0.25, -0.2) is 4.79 Å². The molecule has 1 heterocycles. The fraction of sp³-hybridized carbons (Fsp3) is 0.227. The van der Waals surface area contributed by atoms with Crippen LogP contribution in [0.5, 0.6) is 0 Å². The predicted molar refractivity (Wildman–Crippen MR) is 121 cm³/mol. The highest BCUT2D eigenvalue weighted by Crippen LogP contribution is 2.14. The number of aliphatic hydroxyl groups is 1. The van der Waals surface area contributed by atoms with Crippen molar-refractivity contribution >= 4 is 36.0 Å². The van der Waals surface area contributed by atoms with E-state index in [0.717, 1.165) is 12.1 Å². The van der Waals surface area contributed by atoms with E-state index in [4.69, 9.17) is 4.74 Å². The minimum absolute atomic E-state index is 0. The van der Waals surface area contributed by atoms with Crippen LogP contribution in [0.25, 0.3) is 6.08 Å². The van der Waals surface area contributed by atoms with Gasteiger partial charge in [0.1, 0.15) is 12.7 Å². The van der Waals surface area contributed by atoms with Crippen molar-refractivity contribution in [2.75, 3.05) is 19.8 Å². The first kappa shape index (κ1) is 22.0. The van der Waals surface area contributed by atoms with E-state index in [2.05, 4.69) is 23.6 Å². The predicted octanol–water partition coefficient (Wildman–Crippen LogP) is 3.71. The number of carbonyl (C=O) groups is 1. The minimum Gasteiger partial charge on any atom is -0.459 e. The van der Waals surface area contributed by atoms with Gasteiger partial charge in [-0.3, -0.25) is 0 Å². The largest absolute Gasteiger partial charge is 0.459 e. The summed E-state index contributed by atoms with van der Waals surface area (Å²) in [6, 6.07) is 17.1.